The predicted molar refractivity (Wildman–Crippen MR) is 202 cm³/mol. The highest BCUT2D eigenvalue weighted by Crippen LogP contribution is 2.25. The monoisotopic (exact) mass is 777 g/mol. The Morgan fingerprint density at radius 3 is 2.16 bits per heavy atom. The molecule has 5 N–H and O–H groups in total. The highest BCUT2D eigenvalue weighted by atomic mass is 32.2. The van der Waals surface area contributed by atoms with Crippen LogP contribution < -0.4 is 10.5 Å². The van der Waals surface area contributed by atoms with Crippen LogP contribution in [0.25, 0.3) is 22.0 Å². The van der Waals surface area contributed by atoms with Crippen molar-refractivity contribution in [3.05, 3.63) is 126 Å². The number of H-pyrrole nitrogens is 1. The molecule has 4 aromatic carbocycles. The maximum Gasteiger partial charge on any atom is 0.490 e. The molecule has 1 saturated heterocycles. The van der Waals surface area contributed by atoms with E-state index in [9.17, 15) is 31.2 Å². The van der Waals surface area contributed by atoms with E-state index in [0.29, 0.717) is 38.0 Å². The number of hydrogen-bond donors (Lipinski definition) is 4. The van der Waals surface area contributed by atoms with Gasteiger partial charge in [0.05, 0.1) is 4.90 Å². The largest absolute Gasteiger partial charge is 0.490 e. The normalized spacial score (nSPS) is 13.2. The number of carboxylic acids is 1. The average Bonchev–Trinajstić information content (AvgIpc) is 3.84. The molecule has 0 saturated carbocycles. The first-order valence-electron chi connectivity index (χ1n) is 17.6. The van der Waals surface area contributed by atoms with Crippen molar-refractivity contribution in [1.82, 2.24) is 20.1 Å². The van der Waals surface area contributed by atoms with E-state index < -0.39 is 22.2 Å². The molecule has 0 aliphatic carbocycles. The molecule has 2 amide bonds. The molecule has 1 aromatic heterocycles. The van der Waals surface area contributed by atoms with Crippen molar-refractivity contribution < 1.29 is 41.1 Å². The number of rotatable bonds is 13. The fourth-order valence-electron chi connectivity index (χ4n) is 6.32. The number of halogens is 3. The van der Waals surface area contributed by atoms with Gasteiger partial charge in [-0.05, 0) is 96.6 Å². The van der Waals surface area contributed by atoms with E-state index in [2.05, 4.69) is 27.3 Å². The molecule has 11 nitrogen and oxygen atoms in total. The Labute approximate surface area is 317 Å². The number of aliphatic carboxylic acids is 1. The summed E-state index contributed by atoms with van der Waals surface area (Å²) in [6.07, 6.45) is 0.211. The van der Waals surface area contributed by atoms with E-state index in [0.717, 1.165) is 58.4 Å². The average molecular weight is 778 g/mol. The number of likely N-dealkylation sites (tertiary alicyclic amines) is 1. The topological polar surface area (TPSA) is 166 Å². The third kappa shape index (κ3) is 11.7. The zero-order chi connectivity index (χ0) is 39.6. The Bertz CT molecular complexity index is 2220. The zero-order valence-corrected chi connectivity index (χ0v) is 30.7. The van der Waals surface area contributed by atoms with Crippen molar-refractivity contribution >= 4 is 38.7 Å². The number of hydrogen-bond acceptors (Lipinski definition) is 6. The van der Waals surface area contributed by atoms with Crippen LogP contribution in [-0.4, -0.2) is 78.4 Å². The van der Waals surface area contributed by atoms with E-state index in [4.69, 9.17) is 15.0 Å². The van der Waals surface area contributed by atoms with Crippen LogP contribution in [0.5, 0.6) is 0 Å². The number of amides is 2. The lowest BCUT2D eigenvalue weighted by molar-refractivity contribution is -0.192. The molecule has 15 heteroatoms. The highest BCUT2D eigenvalue weighted by molar-refractivity contribution is 7.89. The molecule has 0 radical (unpaired) electrons. The first kappa shape index (κ1) is 40.7. The molecule has 1 aliphatic rings. The number of primary sulfonamides is 1. The number of carbonyl (C=O) groups excluding carboxylic acids is 2. The van der Waals surface area contributed by atoms with Crippen molar-refractivity contribution in [1.29, 1.82) is 0 Å². The van der Waals surface area contributed by atoms with E-state index in [1.54, 1.807) is 17.0 Å². The van der Waals surface area contributed by atoms with Crippen LogP contribution in [0.15, 0.2) is 108 Å². The van der Waals surface area contributed by atoms with Crippen molar-refractivity contribution in [2.75, 3.05) is 26.2 Å². The van der Waals surface area contributed by atoms with Crippen LogP contribution in [0.1, 0.15) is 46.3 Å². The van der Waals surface area contributed by atoms with Crippen molar-refractivity contribution in [3.63, 3.8) is 0 Å². The minimum absolute atomic E-state index is 0.0196. The number of fused-ring (bicyclic) bond motifs is 1. The van der Waals surface area contributed by atoms with Gasteiger partial charge in [0.2, 0.25) is 15.9 Å². The highest BCUT2D eigenvalue weighted by Gasteiger charge is 2.38. The van der Waals surface area contributed by atoms with Crippen LogP contribution in [-0.2, 0) is 39.1 Å². The number of para-hydroxylation sites is 1. The van der Waals surface area contributed by atoms with Gasteiger partial charge in [-0.2, -0.15) is 13.2 Å². The van der Waals surface area contributed by atoms with E-state index in [1.807, 2.05) is 66.9 Å². The third-order valence-corrected chi connectivity index (χ3v) is 10.1. The summed E-state index contributed by atoms with van der Waals surface area (Å²) in [6.45, 7) is 4.33. The minimum Gasteiger partial charge on any atom is -0.475 e. The van der Waals surface area contributed by atoms with Crippen molar-refractivity contribution in [2.24, 2.45) is 5.14 Å². The molecule has 0 atom stereocenters. The summed E-state index contributed by atoms with van der Waals surface area (Å²) >= 11 is 0. The maximum atomic E-state index is 13.8. The van der Waals surface area contributed by atoms with Crippen molar-refractivity contribution in [2.45, 2.75) is 49.8 Å². The Hall–Kier alpha value is -5.51. The van der Waals surface area contributed by atoms with Crippen LogP contribution in [0.3, 0.4) is 0 Å². The molecule has 290 valence electrons. The molecule has 5 aromatic rings. The number of aromatic nitrogens is 1. The lowest BCUT2D eigenvalue weighted by atomic mass is 10.0. The Kier molecular flexibility index (Phi) is 13.5. The molecule has 6 rings (SSSR count). The van der Waals surface area contributed by atoms with Crippen LogP contribution >= 0.6 is 0 Å². The summed E-state index contributed by atoms with van der Waals surface area (Å²) in [4.78, 5) is 43.1. The molecule has 0 spiro atoms. The van der Waals surface area contributed by atoms with Gasteiger partial charge < -0.3 is 25.2 Å². The van der Waals surface area contributed by atoms with Gasteiger partial charge in [0.1, 0.15) is 0 Å². The van der Waals surface area contributed by atoms with Gasteiger partial charge in [0, 0.05) is 55.3 Å². The summed E-state index contributed by atoms with van der Waals surface area (Å²) in [5.41, 5.74) is 6.32. The fourth-order valence-corrected chi connectivity index (χ4v) is 6.84. The number of sulfonamides is 1. The first-order chi connectivity index (χ1) is 26.2. The third-order valence-electron chi connectivity index (χ3n) is 9.17. The van der Waals surface area contributed by atoms with E-state index >= 15 is 0 Å². The van der Waals surface area contributed by atoms with Gasteiger partial charge in [-0.25, -0.2) is 18.4 Å². The van der Waals surface area contributed by atoms with Crippen LogP contribution in [0.2, 0.25) is 0 Å². The quantitative estimate of drug-likeness (QED) is 0.112. The second-order valence-corrected chi connectivity index (χ2v) is 14.7. The second-order valence-electron chi connectivity index (χ2n) is 13.2. The number of nitrogens with two attached hydrogens (primary N) is 1. The molecule has 1 aliphatic heterocycles. The molecule has 0 unspecified atom stereocenters. The molecule has 55 heavy (non-hydrogen) atoms. The lowest BCUT2D eigenvalue weighted by Gasteiger charge is -2.24. The van der Waals surface area contributed by atoms with Crippen molar-refractivity contribution in [3.8, 4) is 11.1 Å². The molecule has 2 heterocycles. The predicted octanol–water partition coefficient (Wildman–Crippen LogP) is 6.10. The Balaban J connectivity index is 0.000000757. The van der Waals surface area contributed by atoms with Crippen LogP contribution in [0, 0.1) is 0 Å². The van der Waals surface area contributed by atoms with E-state index in [1.165, 1.54) is 25.0 Å². The summed E-state index contributed by atoms with van der Waals surface area (Å²) in [5, 5.41) is 16.6. The zero-order valence-electron chi connectivity index (χ0n) is 29.9. The Morgan fingerprint density at radius 2 is 1.49 bits per heavy atom. The summed E-state index contributed by atoms with van der Waals surface area (Å²) in [5.74, 6) is -2.87. The molecule has 0 bridgehead atoms. The van der Waals surface area contributed by atoms with Gasteiger partial charge in [-0.3, -0.25) is 9.59 Å². The number of nitrogens with zero attached hydrogens (tertiary/aromatic N) is 2. The first-order valence-corrected chi connectivity index (χ1v) is 19.2. The SMILES string of the molecule is NS(=O)(=O)c1ccc(CN(Cc2cccc(-c3cccc(C(=O)NCCN4CCCC4)c3)c2)C(=O)CCc2c[nH]c3ccccc23)cc1.O=C(O)C(F)(F)F. The smallest absolute Gasteiger partial charge is 0.475 e. The summed E-state index contributed by atoms with van der Waals surface area (Å²) in [7, 11) is -3.82. The maximum absolute atomic E-state index is 13.8. The number of carbonyl (C=O) groups is 3. The molecular formula is C40H42F3N5O6S. The summed E-state index contributed by atoms with van der Waals surface area (Å²) < 4.78 is 55.3. The number of nitrogens with one attached hydrogen (secondary N) is 2. The van der Waals surface area contributed by atoms with Gasteiger partial charge in [0.25, 0.3) is 5.91 Å². The second kappa shape index (κ2) is 18.2. The minimum atomic E-state index is -5.08. The van der Waals surface area contributed by atoms with Gasteiger partial charge in [-0.1, -0.05) is 60.7 Å². The fraction of sp³-hybridized carbons (Fsp3) is 0.275. The standard InChI is InChI=1S/C38H41N5O4S.C2HF3O2/c39-48(46,47)34-16-13-28(14-17-34)26-43(37(44)18-15-33-25-41-36-12-2-1-11-35(33)36)27-29-7-5-8-30(23-29)31-9-6-10-32(24-31)38(45)40-19-22-42-20-3-4-21-42;3-2(4,5)1(6)7/h1-2,5-14,16-17,23-25,41H,3-4,15,18-22,26-27H2,(H,40,45)(H2,39,46,47);(H,6,7). The van der Waals surface area contributed by atoms with Gasteiger partial charge >= 0.3 is 12.1 Å². The number of benzene rings is 4. The van der Waals surface area contributed by atoms with E-state index in [-0.39, 0.29) is 16.7 Å². The Morgan fingerprint density at radius 1 is 0.855 bits per heavy atom. The lowest BCUT2D eigenvalue weighted by Crippen LogP contribution is -2.33. The molecular weight excluding hydrogens is 736 g/mol. The number of aryl methyl sites for hydroxylation is 1. The molecule has 1 fully saturated rings. The number of carboxylic acid groups (broad SMARTS) is 1. The van der Waals surface area contributed by atoms with Gasteiger partial charge in [0.15, 0.2) is 0 Å². The number of aromatic amines is 1. The van der Waals surface area contributed by atoms with Gasteiger partial charge in [-0.15, -0.1) is 0 Å². The summed E-state index contributed by atoms with van der Waals surface area (Å²) in [6, 6.07) is 30.0. The van der Waals surface area contributed by atoms with Crippen LogP contribution in [0.4, 0.5) is 13.2 Å². The number of alkyl halides is 3.